The Balaban J connectivity index is 1.20. The monoisotopic (exact) mass is 444 g/mol. The maximum absolute atomic E-state index is 11.6. The Morgan fingerprint density at radius 1 is 0.909 bits per heavy atom. The molecule has 1 unspecified atom stereocenters. The van der Waals surface area contributed by atoms with Crippen molar-refractivity contribution in [1.29, 1.82) is 0 Å². The van der Waals surface area contributed by atoms with Gasteiger partial charge in [-0.25, -0.2) is 4.79 Å². The van der Waals surface area contributed by atoms with Crippen molar-refractivity contribution >= 4 is 17.7 Å². The second-order valence-electron chi connectivity index (χ2n) is 7.53. The Morgan fingerprint density at radius 3 is 2.27 bits per heavy atom. The first kappa shape index (κ1) is 22.1. The van der Waals surface area contributed by atoms with Crippen molar-refractivity contribution in [2.75, 3.05) is 13.2 Å². The van der Waals surface area contributed by atoms with E-state index in [1.165, 1.54) is 5.56 Å². The van der Waals surface area contributed by atoms with Crippen molar-refractivity contribution in [2.45, 2.75) is 19.4 Å². The van der Waals surface area contributed by atoms with Gasteiger partial charge in [0.1, 0.15) is 12.4 Å². The first-order chi connectivity index (χ1) is 16.1. The quantitative estimate of drug-likeness (QED) is 0.301. The predicted octanol–water partition coefficient (Wildman–Crippen LogP) is 4.35. The van der Waals surface area contributed by atoms with Gasteiger partial charge < -0.3 is 14.3 Å². The molecule has 7 heteroatoms. The minimum absolute atomic E-state index is 0.305. The average Bonchev–Trinajstić information content (AvgIpc) is 3.16. The Labute approximate surface area is 192 Å². The molecular formula is C26H24N2O5. The highest BCUT2D eigenvalue weighted by Crippen LogP contribution is 2.20. The van der Waals surface area contributed by atoms with Gasteiger partial charge in [-0.1, -0.05) is 71.9 Å². The van der Waals surface area contributed by atoms with Crippen LogP contribution in [0.2, 0.25) is 0 Å². The fourth-order valence-electron chi connectivity index (χ4n) is 3.39. The van der Waals surface area contributed by atoms with Gasteiger partial charge in [0.05, 0.1) is 5.71 Å². The van der Waals surface area contributed by atoms with Crippen LogP contribution in [0.1, 0.15) is 18.1 Å². The number of nitrogens with zero attached hydrogens (tertiary/aromatic N) is 1. The molecule has 4 rings (SSSR count). The second kappa shape index (κ2) is 10.5. The Morgan fingerprint density at radius 2 is 1.61 bits per heavy atom. The number of benzene rings is 3. The van der Waals surface area contributed by atoms with E-state index in [4.69, 9.17) is 14.3 Å². The average molecular weight is 444 g/mol. The summed E-state index contributed by atoms with van der Waals surface area (Å²) < 4.78 is 10.6. The highest BCUT2D eigenvalue weighted by atomic mass is 16.6. The molecule has 33 heavy (non-hydrogen) atoms. The van der Waals surface area contributed by atoms with Crippen LogP contribution in [0.3, 0.4) is 0 Å². The molecule has 1 N–H and O–H groups in total. The van der Waals surface area contributed by atoms with Gasteiger partial charge in [-0.2, -0.15) is 0 Å². The van der Waals surface area contributed by atoms with E-state index in [1.807, 2.05) is 49.4 Å². The summed E-state index contributed by atoms with van der Waals surface area (Å²) in [5, 5.41) is 6.29. The molecule has 168 valence electrons. The molecule has 3 aromatic carbocycles. The maximum atomic E-state index is 11.6. The first-order valence-corrected chi connectivity index (χ1v) is 10.6. The van der Waals surface area contributed by atoms with E-state index in [1.54, 1.807) is 12.1 Å². The van der Waals surface area contributed by atoms with Gasteiger partial charge in [0.15, 0.2) is 12.7 Å². The summed E-state index contributed by atoms with van der Waals surface area (Å²) in [5.41, 5.74) is 4.97. The van der Waals surface area contributed by atoms with E-state index in [2.05, 4.69) is 34.7 Å². The lowest BCUT2D eigenvalue weighted by Crippen LogP contribution is -2.25. The molecule has 0 bridgehead atoms. The molecule has 1 heterocycles. The molecule has 1 aliphatic heterocycles. The fourth-order valence-corrected chi connectivity index (χ4v) is 3.39. The van der Waals surface area contributed by atoms with Gasteiger partial charge in [-0.3, -0.25) is 10.1 Å². The van der Waals surface area contributed by atoms with E-state index in [0.29, 0.717) is 25.4 Å². The smallest absolute Gasteiger partial charge is 0.414 e. The molecule has 0 saturated carbocycles. The second-order valence-corrected chi connectivity index (χ2v) is 7.53. The summed E-state index contributed by atoms with van der Waals surface area (Å²) in [4.78, 5) is 28.0. The number of rotatable bonds is 9. The summed E-state index contributed by atoms with van der Waals surface area (Å²) >= 11 is 0. The van der Waals surface area contributed by atoms with Crippen LogP contribution in [-0.2, 0) is 20.8 Å². The molecule has 2 amide bonds. The summed E-state index contributed by atoms with van der Waals surface area (Å²) in [6.45, 7) is 2.55. The van der Waals surface area contributed by atoms with Crippen LogP contribution in [0, 0.1) is 0 Å². The van der Waals surface area contributed by atoms with Crippen molar-refractivity contribution in [2.24, 2.45) is 5.16 Å². The lowest BCUT2D eigenvalue weighted by molar-refractivity contribution is -0.123. The highest BCUT2D eigenvalue weighted by Gasteiger charge is 2.31. The van der Waals surface area contributed by atoms with E-state index in [9.17, 15) is 9.59 Å². The van der Waals surface area contributed by atoms with Crippen LogP contribution in [0.5, 0.6) is 5.75 Å². The number of carbonyl (C=O) groups is 2. The number of oxime groups is 1. The minimum Gasteiger partial charge on any atom is -0.490 e. The lowest BCUT2D eigenvalue weighted by atomic mass is 10.0. The third-order valence-corrected chi connectivity index (χ3v) is 5.17. The molecule has 7 nitrogen and oxygen atoms in total. The van der Waals surface area contributed by atoms with Crippen LogP contribution in [-0.4, -0.2) is 37.0 Å². The molecule has 1 fully saturated rings. The number of amides is 2. The SMILES string of the molecule is C/C(=N/OCCOc1ccc(CC2OC(=O)NC2=O)cc1)c1ccc(-c2ccccc2)cc1. The summed E-state index contributed by atoms with van der Waals surface area (Å²) in [7, 11) is 0. The minimum atomic E-state index is -0.784. The molecule has 1 aliphatic rings. The molecule has 0 aliphatic carbocycles. The molecule has 3 aromatic rings. The van der Waals surface area contributed by atoms with Crippen LogP contribution < -0.4 is 10.1 Å². The van der Waals surface area contributed by atoms with E-state index in [0.717, 1.165) is 22.4 Å². The predicted molar refractivity (Wildman–Crippen MR) is 124 cm³/mol. The van der Waals surface area contributed by atoms with Gasteiger partial charge >= 0.3 is 6.09 Å². The molecular weight excluding hydrogens is 420 g/mol. The van der Waals surface area contributed by atoms with E-state index in [-0.39, 0.29) is 0 Å². The molecule has 1 saturated heterocycles. The third kappa shape index (κ3) is 5.98. The van der Waals surface area contributed by atoms with E-state index < -0.39 is 18.1 Å². The zero-order chi connectivity index (χ0) is 23.0. The number of imide groups is 1. The number of nitrogens with one attached hydrogen (secondary N) is 1. The largest absolute Gasteiger partial charge is 0.490 e. The Kier molecular flexibility index (Phi) is 6.99. The fraction of sp³-hybridized carbons (Fsp3) is 0.192. The van der Waals surface area contributed by atoms with Crippen LogP contribution in [0.25, 0.3) is 11.1 Å². The summed E-state index contributed by atoms with van der Waals surface area (Å²) in [5.74, 6) is 0.257. The number of alkyl carbamates (subject to hydrolysis) is 1. The van der Waals surface area contributed by atoms with Crippen molar-refractivity contribution in [3.05, 3.63) is 90.0 Å². The van der Waals surface area contributed by atoms with Gasteiger partial charge in [0, 0.05) is 6.42 Å². The standard InChI is InChI=1S/C26H24N2O5/c1-18(20-9-11-22(12-10-20)21-5-3-2-4-6-21)28-32-16-15-31-23-13-7-19(8-14-23)17-24-25(29)27-26(30)33-24/h2-14,24H,15-17H2,1H3,(H,27,29,30)/b28-18-. The zero-order valence-electron chi connectivity index (χ0n) is 18.2. The Bertz CT molecular complexity index is 1130. The van der Waals surface area contributed by atoms with Gasteiger partial charge in [-0.05, 0) is 41.3 Å². The summed E-state index contributed by atoms with van der Waals surface area (Å²) in [6, 6.07) is 25.7. The van der Waals surface area contributed by atoms with E-state index >= 15 is 0 Å². The molecule has 0 radical (unpaired) electrons. The van der Waals surface area contributed by atoms with Gasteiger partial charge in [-0.15, -0.1) is 0 Å². The van der Waals surface area contributed by atoms with Crippen molar-refractivity contribution in [3.63, 3.8) is 0 Å². The molecule has 1 atom stereocenters. The Hall–Kier alpha value is -4.13. The lowest BCUT2D eigenvalue weighted by Gasteiger charge is -2.09. The van der Waals surface area contributed by atoms with Crippen molar-refractivity contribution in [1.82, 2.24) is 5.32 Å². The maximum Gasteiger partial charge on any atom is 0.414 e. The summed E-state index contributed by atoms with van der Waals surface area (Å²) in [6.07, 6.45) is -1.17. The molecule has 0 spiro atoms. The van der Waals surface area contributed by atoms with Crippen molar-refractivity contribution in [3.8, 4) is 16.9 Å². The third-order valence-electron chi connectivity index (χ3n) is 5.17. The topological polar surface area (TPSA) is 86.2 Å². The zero-order valence-corrected chi connectivity index (χ0v) is 18.2. The van der Waals surface area contributed by atoms with Crippen LogP contribution >= 0.6 is 0 Å². The number of hydrogen-bond donors (Lipinski definition) is 1. The molecule has 0 aromatic heterocycles. The van der Waals surface area contributed by atoms with Crippen LogP contribution in [0.4, 0.5) is 4.79 Å². The first-order valence-electron chi connectivity index (χ1n) is 10.6. The van der Waals surface area contributed by atoms with Crippen molar-refractivity contribution < 1.29 is 23.9 Å². The number of hydrogen-bond acceptors (Lipinski definition) is 6. The van der Waals surface area contributed by atoms with Gasteiger partial charge in [0.25, 0.3) is 5.91 Å². The normalized spacial score (nSPS) is 15.7. The highest BCUT2D eigenvalue weighted by molar-refractivity contribution is 6.00. The van der Waals surface area contributed by atoms with Gasteiger partial charge in [0.2, 0.25) is 0 Å². The number of ether oxygens (including phenoxy) is 2. The number of cyclic esters (lactones) is 1. The van der Waals surface area contributed by atoms with Crippen LogP contribution in [0.15, 0.2) is 84.0 Å². The number of carbonyl (C=O) groups excluding carboxylic acids is 2.